The Morgan fingerprint density at radius 3 is 2.78 bits per heavy atom. The van der Waals surface area contributed by atoms with Crippen molar-refractivity contribution in [2.75, 3.05) is 13.1 Å². The van der Waals surface area contributed by atoms with Gasteiger partial charge in [0, 0.05) is 31.4 Å². The smallest absolute Gasteiger partial charge is 0.227 e. The molecular weight excluding hydrogens is 312 g/mol. The number of piperazine rings is 1. The zero-order chi connectivity index (χ0) is 15.5. The number of halogens is 1. The molecule has 2 atom stereocenters. The molecule has 1 aromatic carbocycles. The van der Waals surface area contributed by atoms with Crippen LogP contribution >= 0.6 is 12.4 Å². The highest BCUT2D eigenvalue weighted by Gasteiger charge is 2.28. The fourth-order valence-electron chi connectivity index (χ4n) is 2.86. The fraction of sp³-hybridized carbons (Fsp3) is 0.412. The molecule has 1 fully saturated rings. The van der Waals surface area contributed by atoms with Crippen molar-refractivity contribution < 1.29 is 4.79 Å². The van der Waals surface area contributed by atoms with Crippen LogP contribution in [0.25, 0.3) is 5.69 Å². The maximum atomic E-state index is 12.5. The minimum atomic E-state index is 0. The Balaban J connectivity index is 0.00000192. The minimum Gasteiger partial charge on any atom is -0.337 e. The molecule has 0 spiro atoms. The van der Waals surface area contributed by atoms with Crippen molar-refractivity contribution >= 4 is 18.3 Å². The van der Waals surface area contributed by atoms with Gasteiger partial charge in [-0.2, -0.15) is 5.10 Å². The highest BCUT2D eigenvalue weighted by atomic mass is 35.5. The third-order valence-electron chi connectivity index (χ3n) is 4.37. The molecule has 0 bridgehead atoms. The number of hydrogen-bond acceptors (Lipinski definition) is 3. The van der Waals surface area contributed by atoms with E-state index in [9.17, 15) is 4.79 Å². The molecular formula is C17H23ClN4O. The monoisotopic (exact) mass is 334 g/mol. The van der Waals surface area contributed by atoms with Gasteiger partial charge < -0.3 is 10.2 Å². The molecule has 1 aromatic heterocycles. The molecule has 1 amide bonds. The number of amides is 1. The van der Waals surface area contributed by atoms with E-state index in [1.54, 1.807) is 6.20 Å². The Morgan fingerprint density at radius 1 is 1.30 bits per heavy atom. The van der Waals surface area contributed by atoms with Crippen molar-refractivity contribution in [1.82, 2.24) is 20.0 Å². The number of nitrogens with zero attached hydrogens (tertiary/aromatic N) is 3. The average Bonchev–Trinajstić information content (AvgIpc) is 2.99. The summed E-state index contributed by atoms with van der Waals surface area (Å²) in [6.45, 7) is 5.86. The largest absolute Gasteiger partial charge is 0.337 e. The first kappa shape index (κ1) is 17.5. The predicted molar refractivity (Wildman–Crippen MR) is 93.2 cm³/mol. The van der Waals surface area contributed by atoms with E-state index in [-0.39, 0.29) is 24.4 Å². The van der Waals surface area contributed by atoms with Gasteiger partial charge in [-0.15, -0.1) is 12.4 Å². The lowest BCUT2D eigenvalue weighted by molar-refractivity contribution is -0.134. The molecule has 6 heteroatoms. The number of benzene rings is 1. The van der Waals surface area contributed by atoms with Gasteiger partial charge in [0.15, 0.2) is 0 Å². The van der Waals surface area contributed by atoms with Crippen LogP contribution in [0.1, 0.15) is 19.4 Å². The van der Waals surface area contributed by atoms with E-state index in [0.717, 1.165) is 24.3 Å². The summed E-state index contributed by atoms with van der Waals surface area (Å²) in [5.74, 6) is 0.175. The van der Waals surface area contributed by atoms with Crippen molar-refractivity contribution in [3.63, 3.8) is 0 Å². The summed E-state index contributed by atoms with van der Waals surface area (Å²) < 4.78 is 1.81. The van der Waals surface area contributed by atoms with Gasteiger partial charge in [0.1, 0.15) is 0 Å². The molecule has 2 aromatic rings. The summed E-state index contributed by atoms with van der Waals surface area (Å²) in [6.07, 6.45) is 4.12. The van der Waals surface area contributed by atoms with E-state index in [1.165, 1.54) is 0 Å². The number of rotatable bonds is 3. The van der Waals surface area contributed by atoms with Crippen molar-refractivity contribution in [2.24, 2.45) is 0 Å². The maximum Gasteiger partial charge on any atom is 0.227 e. The van der Waals surface area contributed by atoms with Crippen molar-refractivity contribution in [2.45, 2.75) is 32.4 Å². The van der Waals surface area contributed by atoms with Gasteiger partial charge in [-0.1, -0.05) is 18.2 Å². The molecule has 1 N–H and O–H groups in total. The Kier molecular flexibility index (Phi) is 5.80. The van der Waals surface area contributed by atoms with E-state index in [2.05, 4.69) is 24.3 Å². The fourth-order valence-corrected chi connectivity index (χ4v) is 2.86. The van der Waals surface area contributed by atoms with Gasteiger partial charge >= 0.3 is 0 Å². The Labute approximate surface area is 143 Å². The highest BCUT2D eigenvalue weighted by Crippen LogP contribution is 2.13. The molecule has 1 aliphatic rings. The molecule has 124 valence electrons. The first-order chi connectivity index (χ1) is 10.6. The van der Waals surface area contributed by atoms with Crippen molar-refractivity contribution in [1.29, 1.82) is 0 Å². The summed E-state index contributed by atoms with van der Waals surface area (Å²) in [4.78, 5) is 14.5. The van der Waals surface area contributed by atoms with Crippen molar-refractivity contribution in [3.8, 4) is 5.69 Å². The molecule has 23 heavy (non-hydrogen) atoms. The lowest BCUT2D eigenvalue weighted by Gasteiger charge is -2.38. The molecule has 2 heterocycles. The Bertz CT molecular complexity index is 643. The Hall–Kier alpha value is -1.85. The van der Waals surface area contributed by atoms with Gasteiger partial charge in [0.25, 0.3) is 0 Å². The predicted octanol–water partition coefficient (Wildman–Crippen LogP) is 2.05. The van der Waals surface area contributed by atoms with Gasteiger partial charge in [-0.25, -0.2) is 4.68 Å². The maximum absolute atomic E-state index is 12.5. The number of aromatic nitrogens is 2. The summed E-state index contributed by atoms with van der Waals surface area (Å²) in [6, 6.07) is 10.5. The Morgan fingerprint density at radius 2 is 2.04 bits per heavy atom. The lowest BCUT2D eigenvalue weighted by Crippen LogP contribution is -2.57. The van der Waals surface area contributed by atoms with Crippen LogP contribution in [0.4, 0.5) is 0 Å². The minimum absolute atomic E-state index is 0. The second kappa shape index (κ2) is 7.62. The van der Waals surface area contributed by atoms with Crippen LogP contribution in [-0.2, 0) is 11.2 Å². The van der Waals surface area contributed by atoms with Gasteiger partial charge in [0.2, 0.25) is 5.91 Å². The molecule has 0 aliphatic carbocycles. The second-order valence-corrected chi connectivity index (χ2v) is 5.88. The molecule has 0 radical (unpaired) electrons. The van der Waals surface area contributed by atoms with E-state index >= 15 is 0 Å². The normalized spacial score (nSPS) is 20.9. The summed E-state index contributed by atoms with van der Waals surface area (Å²) in [7, 11) is 0. The lowest BCUT2D eigenvalue weighted by atomic mass is 10.1. The number of nitrogens with one attached hydrogen (secondary N) is 1. The van der Waals surface area contributed by atoms with E-state index in [1.807, 2.05) is 46.1 Å². The zero-order valence-electron chi connectivity index (χ0n) is 13.5. The topological polar surface area (TPSA) is 50.2 Å². The summed E-state index contributed by atoms with van der Waals surface area (Å²) in [5.41, 5.74) is 1.96. The molecule has 2 unspecified atom stereocenters. The van der Waals surface area contributed by atoms with Gasteiger partial charge in [0.05, 0.1) is 18.3 Å². The number of hydrogen-bond donors (Lipinski definition) is 1. The zero-order valence-corrected chi connectivity index (χ0v) is 14.3. The summed E-state index contributed by atoms with van der Waals surface area (Å²) >= 11 is 0. The van der Waals surface area contributed by atoms with Crippen LogP contribution in [-0.4, -0.2) is 45.8 Å². The van der Waals surface area contributed by atoms with Crippen LogP contribution in [0, 0.1) is 0 Å². The standard InChI is InChI=1S/C17H22N4O.ClH/c1-13-14(2)20(9-8-18-13)17(22)10-15-11-19-21(12-15)16-6-4-3-5-7-16;/h3-7,11-14,18H,8-10H2,1-2H3;1H. The van der Waals surface area contributed by atoms with Crippen LogP contribution in [0.15, 0.2) is 42.7 Å². The molecule has 5 nitrogen and oxygen atoms in total. The van der Waals surface area contributed by atoms with E-state index in [4.69, 9.17) is 0 Å². The molecule has 0 saturated carbocycles. The molecule has 1 saturated heterocycles. The molecule has 1 aliphatic heterocycles. The number of carbonyl (C=O) groups excluding carboxylic acids is 1. The third-order valence-corrected chi connectivity index (χ3v) is 4.37. The quantitative estimate of drug-likeness (QED) is 0.934. The first-order valence-electron chi connectivity index (χ1n) is 7.77. The van der Waals surface area contributed by atoms with Crippen LogP contribution in [0.3, 0.4) is 0 Å². The van der Waals surface area contributed by atoms with E-state index < -0.39 is 0 Å². The average molecular weight is 335 g/mol. The SMILES string of the molecule is CC1NCCN(C(=O)Cc2cnn(-c3ccccc3)c2)C1C.Cl. The first-order valence-corrected chi connectivity index (χ1v) is 7.77. The van der Waals surface area contributed by atoms with Gasteiger partial charge in [-0.3, -0.25) is 4.79 Å². The van der Waals surface area contributed by atoms with Crippen LogP contribution < -0.4 is 5.32 Å². The third kappa shape index (κ3) is 3.92. The highest BCUT2D eigenvalue weighted by molar-refractivity contribution is 5.85. The summed E-state index contributed by atoms with van der Waals surface area (Å²) in [5, 5.41) is 7.75. The second-order valence-electron chi connectivity index (χ2n) is 5.88. The van der Waals surface area contributed by atoms with Crippen LogP contribution in [0.5, 0.6) is 0 Å². The van der Waals surface area contributed by atoms with Crippen LogP contribution in [0.2, 0.25) is 0 Å². The number of carbonyl (C=O) groups is 1. The van der Waals surface area contributed by atoms with E-state index in [0.29, 0.717) is 12.5 Å². The number of para-hydroxylation sites is 1. The van der Waals surface area contributed by atoms with Gasteiger partial charge in [-0.05, 0) is 31.5 Å². The van der Waals surface area contributed by atoms with Crippen molar-refractivity contribution in [3.05, 3.63) is 48.3 Å². The molecule has 3 rings (SSSR count).